The van der Waals surface area contributed by atoms with Crippen molar-refractivity contribution in [2.24, 2.45) is 0 Å². The van der Waals surface area contributed by atoms with Crippen LogP contribution in [0.1, 0.15) is 0 Å². The third kappa shape index (κ3) is 14.2. The molecular formula is C122H79N13. The molecule has 0 radical (unpaired) electrons. The second kappa shape index (κ2) is 33.6. The molecule has 0 aliphatic carbocycles. The van der Waals surface area contributed by atoms with Crippen LogP contribution in [0.15, 0.2) is 479 Å². The lowest BCUT2D eigenvalue weighted by atomic mass is 10.0. The standard InChI is InChI=1S/C49H31N5.C45H29N5.C28H19N3/c1-3-14-33(15-4-1)47-50-48(52-49(51-47)36-24-23-32-13-7-8-16-35(32)29-36)34-25-27-38(28-26-34)54-44-22-12-10-20-40(44)42-30-45-41(31-46(42)54)39-19-9-11-21-43(39)53(45)37-17-5-2-6-18-37;1-4-14-30(15-5-1)31-24-26-33(27-25-31)44-46-43(32-16-6-2-7-17-32)47-45(48-44)50-40-23-13-11-21-36(40)38-28-41-37(29-42(38)50)35-20-10-12-22-39(35)49(41)34-18-8-3-9-19-34;1-2-8-20(9-3-1)25-18-19-29-28(30-25)21-14-16-22(17-15-21)31-26-12-6-4-10-23(26)24-11-5-7-13-27(24)31/h1-31H;1-29H;1-19H. The van der Waals surface area contributed by atoms with Crippen LogP contribution >= 0.6 is 0 Å². The van der Waals surface area contributed by atoms with Gasteiger partial charge in [0.15, 0.2) is 34.9 Å². The molecule has 27 rings (SSSR count). The van der Waals surface area contributed by atoms with Gasteiger partial charge in [0.25, 0.3) is 0 Å². The van der Waals surface area contributed by atoms with Gasteiger partial charge < -0.3 is 18.3 Å². The summed E-state index contributed by atoms with van der Waals surface area (Å²) < 4.78 is 11.6. The summed E-state index contributed by atoms with van der Waals surface area (Å²) in [4.78, 5) is 39.7. The fourth-order valence-corrected chi connectivity index (χ4v) is 19.5. The van der Waals surface area contributed by atoms with Crippen molar-refractivity contribution in [2.45, 2.75) is 0 Å². The predicted molar refractivity (Wildman–Crippen MR) is 554 cm³/mol. The van der Waals surface area contributed by atoms with Crippen LogP contribution in [-0.4, -0.2) is 62.7 Å². The monoisotopic (exact) mass is 1730 g/mol. The molecule has 0 unspecified atom stereocenters. The van der Waals surface area contributed by atoms with Crippen LogP contribution < -0.4 is 0 Å². The summed E-state index contributed by atoms with van der Waals surface area (Å²) in [5, 5.41) is 14.4. The number of rotatable bonds is 13. The van der Waals surface area contributed by atoms with E-state index in [0.29, 0.717) is 35.1 Å². The summed E-state index contributed by atoms with van der Waals surface area (Å²) in [5.74, 6) is 4.50. The molecule has 632 valence electrons. The molecule has 0 spiro atoms. The number of benzene rings is 19. The van der Waals surface area contributed by atoms with Gasteiger partial charge in [0.05, 0.1) is 60.9 Å². The van der Waals surface area contributed by atoms with Crippen molar-refractivity contribution in [1.29, 1.82) is 0 Å². The minimum absolute atomic E-state index is 0.582. The molecule has 0 saturated heterocycles. The van der Waals surface area contributed by atoms with Gasteiger partial charge in [-0.1, -0.05) is 328 Å². The van der Waals surface area contributed by atoms with E-state index < -0.39 is 0 Å². The van der Waals surface area contributed by atoms with Gasteiger partial charge in [-0.3, -0.25) is 4.57 Å². The van der Waals surface area contributed by atoms with E-state index in [9.17, 15) is 0 Å². The van der Waals surface area contributed by atoms with Gasteiger partial charge in [-0.05, 0) is 167 Å². The van der Waals surface area contributed by atoms with E-state index in [2.05, 4.69) is 422 Å². The first-order chi connectivity index (χ1) is 66.9. The molecule has 0 saturated carbocycles. The average Bonchev–Trinajstić information content (AvgIpc) is 1.56. The molecule has 0 atom stereocenters. The van der Waals surface area contributed by atoms with E-state index in [1.54, 1.807) is 0 Å². The minimum atomic E-state index is 0.582. The first-order valence-corrected chi connectivity index (χ1v) is 45.4. The molecule has 0 aliphatic heterocycles. The molecule has 8 heterocycles. The first-order valence-electron chi connectivity index (χ1n) is 45.4. The van der Waals surface area contributed by atoms with Gasteiger partial charge in [-0.25, -0.2) is 29.9 Å². The summed E-state index contributed by atoms with van der Waals surface area (Å²) in [7, 11) is 0. The summed E-state index contributed by atoms with van der Waals surface area (Å²) in [6.45, 7) is 0. The molecule has 19 aromatic carbocycles. The number of nitrogens with zero attached hydrogens (tertiary/aromatic N) is 13. The van der Waals surface area contributed by atoms with Crippen molar-refractivity contribution in [2.75, 3.05) is 0 Å². The molecule has 135 heavy (non-hydrogen) atoms. The quantitative estimate of drug-likeness (QED) is 0.112. The third-order valence-electron chi connectivity index (χ3n) is 25.8. The van der Waals surface area contributed by atoms with Crippen LogP contribution in [0.5, 0.6) is 0 Å². The van der Waals surface area contributed by atoms with Crippen molar-refractivity contribution < 1.29 is 0 Å². The lowest BCUT2D eigenvalue weighted by Crippen LogP contribution is -2.06. The number of para-hydroxylation sites is 8. The highest BCUT2D eigenvalue weighted by molar-refractivity contribution is 6.21. The van der Waals surface area contributed by atoms with Gasteiger partial charge >= 0.3 is 0 Å². The van der Waals surface area contributed by atoms with Crippen molar-refractivity contribution in [3.63, 3.8) is 0 Å². The zero-order valence-corrected chi connectivity index (χ0v) is 72.9. The highest BCUT2D eigenvalue weighted by Crippen LogP contribution is 2.44. The number of aromatic nitrogens is 13. The Bertz CT molecular complexity index is 9140. The number of fused-ring (bicyclic) bond motifs is 16. The summed E-state index contributed by atoms with van der Waals surface area (Å²) >= 11 is 0. The maximum Gasteiger partial charge on any atom is 0.238 e. The van der Waals surface area contributed by atoms with Crippen molar-refractivity contribution in [1.82, 2.24) is 62.7 Å². The molecule has 0 bridgehead atoms. The predicted octanol–water partition coefficient (Wildman–Crippen LogP) is 30.2. The maximum absolute atomic E-state index is 5.21. The second-order valence-corrected chi connectivity index (χ2v) is 33.8. The van der Waals surface area contributed by atoms with Crippen LogP contribution in [0.25, 0.3) is 239 Å². The van der Waals surface area contributed by atoms with Gasteiger partial charge in [0, 0.05) is 122 Å². The van der Waals surface area contributed by atoms with Gasteiger partial charge in [-0.15, -0.1) is 0 Å². The Labute approximate surface area is 776 Å². The largest absolute Gasteiger partial charge is 0.309 e. The molecule has 27 aromatic rings. The zero-order chi connectivity index (χ0) is 89.2. The average molecular weight is 1730 g/mol. The van der Waals surface area contributed by atoms with Crippen LogP contribution in [0.4, 0.5) is 0 Å². The Balaban J connectivity index is 0.000000112. The summed E-state index contributed by atoms with van der Waals surface area (Å²) in [6, 6.07) is 165. The Kier molecular flexibility index (Phi) is 19.6. The lowest BCUT2D eigenvalue weighted by molar-refractivity contribution is 0.954. The summed E-state index contributed by atoms with van der Waals surface area (Å²) in [6.07, 6.45) is 1.82. The topological polar surface area (TPSA) is 128 Å². The van der Waals surface area contributed by atoms with E-state index in [0.717, 1.165) is 123 Å². The lowest BCUT2D eigenvalue weighted by Gasteiger charge is -2.11. The zero-order valence-electron chi connectivity index (χ0n) is 72.9. The Morgan fingerprint density at radius 3 is 0.807 bits per heavy atom. The van der Waals surface area contributed by atoms with Crippen LogP contribution in [0.3, 0.4) is 0 Å². The molecule has 0 fully saturated rings. The number of hydrogen-bond donors (Lipinski definition) is 0. The fourth-order valence-electron chi connectivity index (χ4n) is 19.5. The summed E-state index contributed by atoms with van der Waals surface area (Å²) in [5.41, 5.74) is 26.1. The first kappa shape index (κ1) is 78.8. The highest BCUT2D eigenvalue weighted by atomic mass is 15.2. The van der Waals surface area contributed by atoms with Gasteiger partial charge in [0.1, 0.15) is 0 Å². The van der Waals surface area contributed by atoms with E-state index in [1.165, 1.54) is 81.6 Å². The normalized spacial score (nSPS) is 11.6. The maximum atomic E-state index is 5.21. The van der Waals surface area contributed by atoms with Gasteiger partial charge in [0.2, 0.25) is 5.95 Å². The Hall–Kier alpha value is -18.5. The molecule has 8 aromatic heterocycles. The van der Waals surface area contributed by atoms with Crippen molar-refractivity contribution in [3.05, 3.63) is 479 Å². The third-order valence-corrected chi connectivity index (χ3v) is 25.8. The van der Waals surface area contributed by atoms with Crippen LogP contribution in [0, 0.1) is 0 Å². The smallest absolute Gasteiger partial charge is 0.238 e. The van der Waals surface area contributed by atoms with Crippen molar-refractivity contribution >= 4 is 120 Å². The van der Waals surface area contributed by atoms with E-state index in [1.807, 2.05) is 85.1 Å². The molecule has 0 N–H and O–H groups in total. The molecular weight excluding hydrogens is 1650 g/mol. The molecule has 13 nitrogen and oxygen atoms in total. The van der Waals surface area contributed by atoms with E-state index in [4.69, 9.17) is 34.9 Å². The van der Waals surface area contributed by atoms with E-state index in [-0.39, 0.29) is 0 Å². The SMILES string of the molecule is c1ccc(-c2ccc(-c3nc(-c4ccccc4)nc(-n4c5ccccc5c5cc6c(cc54)c4ccccc4n6-c4ccccc4)n3)cc2)cc1.c1ccc(-c2ccnc(-c3ccc(-n4c5ccccc5c5ccccc54)cc3)n2)cc1.c1ccc(-c2nc(-c3ccc(-n4c5ccccc5c5cc6c(cc54)c4ccccc4n6-c4ccccc4)cc3)nc(-c3ccc4ccccc4c3)n2)cc1. The van der Waals surface area contributed by atoms with Gasteiger partial charge in [-0.2, -0.15) is 9.97 Å². The molecule has 0 aliphatic rings. The number of hydrogen-bond acceptors (Lipinski definition) is 8. The Morgan fingerprint density at radius 1 is 0.141 bits per heavy atom. The van der Waals surface area contributed by atoms with Crippen LogP contribution in [0.2, 0.25) is 0 Å². The van der Waals surface area contributed by atoms with E-state index >= 15 is 0 Å². The second-order valence-electron chi connectivity index (χ2n) is 33.8. The molecule has 13 heteroatoms. The molecule has 0 amide bonds. The van der Waals surface area contributed by atoms with Crippen molar-refractivity contribution in [3.8, 4) is 119 Å². The Morgan fingerprint density at radius 2 is 0.400 bits per heavy atom. The highest BCUT2D eigenvalue weighted by Gasteiger charge is 2.25. The van der Waals surface area contributed by atoms with Crippen LogP contribution in [-0.2, 0) is 0 Å². The minimum Gasteiger partial charge on any atom is -0.309 e. The fraction of sp³-hybridized carbons (Fsp3) is 0.